The van der Waals surface area contributed by atoms with Gasteiger partial charge in [-0.15, -0.1) is 11.8 Å². The van der Waals surface area contributed by atoms with E-state index >= 15 is 0 Å². The predicted octanol–water partition coefficient (Wildman–Crippen LogP) is 6.59. The summed E-state index contributed by atoms with van der Waals surface area (Å²) in [5, 5.41) is 15.4. The number of halogens is 3. The van der Waals surface area contributed by atoms with Gasteiger partial charge in [-0.1, -0.05) is 11.6 Å². The summed E-state index contributed by atoms with van der Waals surface area (Å²) in [4.78, 5) is 23.2. The highest BCUT2D eigenvalue weighted by Gasteiger charge is 2.10. The molecule has 0 spiro atoms. The van der Waals surface area contributed by atoms with Crippen LogP contribution in [0.15, 0.2) is 79.6 Å². The molecule has 3 rings (SSSR count). The molecule has 3 aromatic rings. The van der Waals surface area contributed by atoms with Gasteiger partial charge in [0.05, 0.1) is 25.8 Å². The van der Waals surface area contributed by atoms with Crippen LogP contribution in [0.3, 0.4) is 0 Å². The van der Waals surface area contributed by atoms with E-state index < -0.39 is 4.92 Å². The number of benzene rings is 3. The second-order valence-corrected chi connectivity index (χ2v) is 9.76. The van der Waals surface area contributed by atoms with Crippen molar-refractivity contribution in [3.05, 3.63) is 95.9 Å². The average Bonchev–Trinajstić information content (AvgIpc) is 2.78. The lowest BCUT2D eigenvalue weighted by Crippen LogP contribution is -2.19. The maximum Gasteiger partial charge on any atom is 0.269 e. The number of amides is 1. The number of hydrogen-bond acceptors (Lipinski definition) is 6. The monoisotopic (exact) mass is 611 g/mol. The van der Waals surface area contributed by atoms with Crippen molar-refractivity contribution in [2.45, 2.75) is 11.5 Å². The number of thioether (sulfide) groups is 1. The summed E-state index contributed by atoms with van der Waals surface area (Å²) in [7, 11) is 0. The van der Waals surface area contributed by atoms with Crippen LogP contribution in [-0.4, -0.2) is 22.8 Å². The first-order chi connectivity index (χ1) is 15.8. The second kappa shape index (κ2) is 12.2. The third-order valence-electron chi connectivity index (χ3n) is 4.14. The van der Waals surface area contributed by atoms with Crippen LogP contribution in [0.2, 0.25) is 5.02 Å². The molecule has 0 aliphatic carbocycles. The van der Waals surface area contributed by atoms with Crippen LogP contribution in [-0.2, 0) is 11.4 Å². The van der Waals surface area contributed by atoms with Gasteiger partial charge in [0, 0.05) is 22.1 Å². The zero-order chi connectivity index (χ0) is 23.8. The topological polar surface area (TPSA) is 93.8 Å². The van der Waals surface area contributed by atoms with Gasteiger partial charge in [-0.2, -0.15) is 5.10 Å². The smallest absolute Gasteiger partial charge is 0.269 e. The molecule has 0 bridgehead atoms. The molecule has 0 heterocycles. The van der Waals surface area contributed by atoms with Gasteiger partial charge in [0.1, 0.15) is 12.4 Å². The number of rotatable bonds is 9. The summed E-state index contributed by atoms with van der Waals surface area (Å²) in [6.07, 6.45) is 1.53. The first kappa shape index (κ1) is 25.2. The van der Waals surface area contributed by atoms with Crippen LogP contribution in [0.5, 0.6) is 5.75 Å². The standard InChI is InChI=1S/C22H16Br2ClN3O4S/c23-19-9-15(11-26-27-21(29)13-33-18-7-3-16(25)4-8-18)10-20(24)22(19)32-12-14-1-5-17(6-2-14)28(30)31/h1-11H,12-13H2,(H,27,29)/b26-11-. The van der Waals surface area contributed by atoms with Crippen LogP contribution in [0.4, 0.5) is 5.69 Å². The molecule has 0 fully saturated rings. The Balaban J connectivity index is 1.53. The fourth-order valence-corrected chi connectivity index (χ4v) is 4.82. The van der Waals surface area contributed by atoms with Crippen molar-refractivity contribution in [3.8, 4) is 5.75 Å². The van der Waals surface area contributed by atoms with Crippen LogP contribution in [0, 0.1) is 10.1 Å². The number of carbonyl (C=O) groups is 1. The molecular formula is C22H16Br2ClN3O4S. The van der Waals surface area contributed by atoms with E-state index in [4.69, 9.17) is 16.3 Å². The lowest BCUT2D eigenvalue weighted by atomic mass is 10.2. The van der Waals surface area contributed by atoms with E-state index in [9.17, 15) is 14.9 Å². The zero-order valence-corrected chi connectivity index (χ0v) is 21.6. The van der Waals surface area contributed by atoms with Gasteiger partial charge in [-0.25, -0.2) is 5.43 Å². The highest BCUT2D eigenvalue weighted by molar-refractivity contribution is 9.11. The van der Waals surface area contributed by atoms with Crippen molar-refractivity contribution in [3.63, 3.8) is 0 Å². The normalized spacial score (nSPS) is 10.9. The van der Waals surface area contributed by atoms with E-state index in [-0.39, 0.29) is 24.0 Å². The van der Waals surface area contributed by atoms with E-state index in [0.29, 0.717) is 19.7 Å². The highest BCUT2D eigenvalue weighted by Crippen LogP contribution is 2.35. The van der Waals surface area contributed by atoms with Crippen LogP contribution in [0.25, 0.3) is 0 Å². The van der Waals surface area contributed by atoms with Gasteiger partial charge in [0.15, 0.2) is 0 Å². The van der Waals surface area contributed by atoms with Gasteiger partial charge in [0.25, 0.3) is 5.69 Å². The van der Waals surface area contributed by atoms with Crippen molar-refractivity contribution in [1.82, 2.24) is 5.43 Å². The second-order valence-electron chi connectivity index (χ2n) is 6.56. The van der Waals surface area contributed by atoms with Gasteiger partial charge in [-0.3, -0.25) is 14.9 Å². The molecule has 1 amide bonds. The Morgan fingerprint density at radius 3 is 2.36 bits per heavy atom. The van der Waals surface area contributed by atoms with E-state index in [0.717, 1.165) is 16.0 Å². The zero-order valence-electron chi connectivity index (χ0n) is 16.8. The van der Waals surface area contributed by atoms with Crippen LogP contribution in [0.1, 0.15) is 11.1 Å². The maximum absolute atomic E-state index is 12.0. The summed E-state index contributed by atoms with van der Waals surface area (Å²) in [5.41, 5.74) is 4.06. The molecule has 0 aromatic heterocycles. The Hall–Kier alpha value is -2.40. The van der Waals surface area contributed by atoms with Gasteiger partial charge < -0.3 is 4.74 Å². The molecule has 0 atom stereocenters. The van der Waals surface area contributed by atoms with E-state index in [1.165, 1.54) is 30.1 Å². The number of nitro benzene ring substituents is 1. The quantitative estimate of drug-likeness (QED) is 0.127. The Morgan fingerprint density at radius 1 is 1.12 bits per heavy atom. The van der Waals surface area contributed by atoms with Gasteiger partial charge >= 0.3 is 0 Å². The number of hydrogen-bond donors (Lipinski definition) is 1. The predicted molar refractivity (Wildman–Crippen MR) is 137 cm³/mol. The minimum absolute atomic E-state index is 0.0282. The first-order valence-electron chi connectivity index (χ1n) is 9.37. The molecule has 0 saturated heterocycles. The summed E-state index contributed by atoms with van der Waals surface area (Å²) in [6.45, 7) is 0.240. The lowest BCUT2D eigenvalue weighted by molar-refractivity contribution is -0.384. The summed E-state index contributed by atoms with van der Waals surface area (Å²) in [5.74, 6) is 0.572. The van der Waals surface area contributed by atoms with E-state index in [1.807, 2.05) is 12.1 Å². The first-order valence-corrected chi connectivity index (χ1v) is 12.3. The molecule has 170 valence electrons. The Bertz CT molecular complexity index is 1150. The number of nitrogens with zero attached hydrogens (tertiary/aromatic N) is 2. The molecular weight excluding hydrogens is 598 g/mol. The average molecular weight is 614 g/mol. The van der Waals surface area contributed by atoms with Crippen molar-refractivity contribution >= 4 is 73.0 Å². The van der Waals surface area contributed by atoms with Gasteiger partial charge in [-0.05, 0) is 91.5 Å². The van der Waals surface area contributed by atoms with Crippen molar-refractivity contribution in [2.75, 3.05) is 5.75 Å². The molecule has 0 radical (unpaired) electrons. The minimum Gasteiger partial charge on any atom is -0.487 e. The van der Waals surface area contributed by atoms with Crippen LogP contribution < -0.4 is 10.2 Å². The number of nitro groups is 1. The SMILES string of the molecule is O=C(CSc1ccc(Cl)cc1)N/N=C\c1cc(Br)c(OCc2ccc([N+](=O)[O-])cc2)c(Br)c1. The summed E-state index contributed by atoms with van der Waals surface area (Å²) < 4.78 is 7.21. The molecule has 11 heteroatoms. The number of hydrazone groups is 1. The molecule has 0 saturated carbocycles. The lowest BCUT2D eigenvalue weighted by Gasteiger charge is -2.11. The molecule has 33 heavy (non-hydrogen) atoms. The Labute approximate surface area is 216 Å². The Kier molecular flexibility index (Phi) is 9.30. The largest absolute Gasteiger partial charge is 0.487 e. The molecule has 0 unspecified atom stereocenters. The fraction of sp³-hybridized carbons (Fsp3) is 0.0909. The number of ether oxygens (including phenoxy) is 1. The molecule has 7 nitrogen and oxygen atoms in total. The summed E-state index contributed by atoms with van der Waals surface area (Å²) in [6, 6.07) is 17.0. The van der Waals surface area contributed by atoms with E-state index in [2.05, 4.69) is 42.4 Å². The minimum atomic E-state index is -0.445. The Morgan fingerprint density at radius 2 is 1.76 bits per heavy atom. The third-order valence-corrected chi connectivity index (χ3v) is 6.58. The molecule has 1 N–H and O–H groups in total. The number of non-ortho nitro benzene ring substituents is 1. The summed E-state index contributed by atoms with van der Waals surface area (Å²) >= 11 is 14.2. The van der Waals surface area contributed by atoms with Crippen molar-refractivity contribution in [1.29, 1.82) is 0 Å². The van der Waals surface area contributed by atoms with Gasteiger partial charge in [0.2, 0.25) is 5.91 Å². The van der Waals surface area contributed by atoms with Crippen LogP contribution >= 0.6 is 55.2 Å². The maximum atomic E-state index is 12.0. The van der Waals surface area contributed by atoms with Crippen molar-refractivity contribution < 1.29 is 14.5 Å². The van der Waals surface area contributed by atoms with Crippen molar-refractivity contribution in [2.24, 2.45) is 5.10 Å². The number of nitrogens with one attached hydrogen (secondary N) is 1. The highest BCUT2D eigenvalue weighted by atomic mass is 79.9. The molecule has 0 aliphatic heterocycles. The fourth-order valence-electron chi connectivity index (χ4n) is 2.55. The number of carbonyl (C=O) groups excluding carboxylic acids is 1. The molecule has 3 aromatic carbocycles. The molecule has 0 aliphatic rings. The third kappa shape index (κ3) is 7.85. The van der Waals surface area contributed by atoms with E-state index in [1.54, 1.807) is 36.4 Å².